The summed E-state index contributed by atoms with van der Waals surface area (Å²) in [6, 6.07) is 7.63. The Hall–Kier alpha value is -3.12. The van der Waals surface area contributed by atoms with Crippen LogP contribution in [0.5, 0.6) is 11.5 Å². The first kappa shape index (κ1) is 26.5. The molecule has 5 aliphatic rings. The van der Waals surface area contributed by atoms with Crippen molar-refractivity contribution < 1.29 is 23.8 Å². The van der Waals surface area contributed by atoms with Gasteiger partial charge in [0.2, 0.25) is 5.91 Å². The lowest BCUT2D eigenvalue weighted by atomic mass is 9.53. The first-order chi connectivity index (χ1) is 18.3. The number of rotatable bonds is 8. The highest BCUT2D eigenvalue weighted by Crippen LogP contribution is 2.55. The van der Waals surface area contributed by atoms with Crippen molar-refractivity contribution >= 4 is 23.6 Å². The van der Waals surface area contributed by atoms with Crippen LogP contribution >= 0.6 is 11.8 Å². The molecule has 38 heavy (non-hydrogen) atoms. The maximum Gasteiger partial charge on any atom is 0.336 e. The number of nitrogens with one attached hydrogen (secondary N) is 2. The highest BCUT2D eigenvalue weighted by atomic mass is 32.2. The molecule has 9 heteroatoms. The number of allylic oxidation sites excluding steroid dienone is 2. The van der Waals surface area contributed by atoms with Gasteiger partial charge in [0.15, 0.2) is 11.5 Å². The SMILES string of the molecule is COC(=O)C1=C(C)NC(SCC(=O)NC23CC4CC(CC(C4)C2)C3)=C(C#N)C1c1ccc(OC)c(OC)c1. The van der Waals surface area contributed by atoms with Crippen molar-refractivity contribution in [1.29, 1.82) is 5.26 Å². The van der Waals surface area contributed by atoms with Crippen LogP contribution in [0, 0.1) is 29.1 Å². The molecule has 0 spiro atoms. The molecule has 1 aliphatic heterocycles. The van der Waals surface area contributed by atoms with Gasteiger partial charge in [-0.1, -0.05) is 17.8 Å². The number of amides is 1. The molecule has 1 atom stereocenters. The fourth-order valence-corrected chi connectivity index (χ4v) is 8.40. The maximum absolute atomic E-state index is 13.2. The van der Waals surface area contributed by atoms with E-state index in [1.165, 1.54) is 45.2 Å². The highest BCUT2D eigenvalue weighted by molar-refractivity contribution is 8.03. The van der Waals surface area contributed by atoms with Crippen molar-refractivity contribution in [3.8, 4) is 17.6 Å². The summed E-state index contributed by atoms with van der Waals surface area (Å²) in [6.07, 6.45) is 7.22. The van der Waals surface area contributed by atoms with Crippen molar-refractivity contribution in [3.05, 3.63) is 45.6 Å². The van der Waals surface area contributed by atoms with Gasteiger partial charge in [0.1, 0.15) is 0 Å². The van der Waals surface area contributed by atoms with Gasteiger partial charge in [-0.15, -0.1) is 0 Å². The fourth-order valence-electron chi connectivity index (χ4n) is 7.51. The van der Waals surface area contributed by atoms with Crippen LogP contribution in [0.1, 0.15) is 56.9 Å². The average molecular weight is 538 g/mol. The van der Waals surface area contributed by atoms with Crippen LogP contribution in [0.15, 0.2) is 40.1 Å². The molecular formula is C29H35N3O5S. The molecule has 0 saturated heterocycles. The van der Waals surface area contributed by atoms with Gasteiger partial charge >= 0.3 is 5.97 Å². The minimum atomic E-state index is -0.678. The number of methoxy groups -OCH3 is 3. The van der Waals surface area contributed by atoms with E-state index in [0.29, 0.717) is 38.9 Å². The number of nitrogens with zero attached hydrogens (tertiary/aromatic N) is 1. The predicted molar refractivity (Wildman–Crippen MR) is 144 cm³/mol. The Kier molecular flexibility index (Phi) is 7.36. The molecule has 1 heterocycles. The Balaban J connectivity index is 1.39. The monoisotopic (exact) mass is 537 g/mol. The smallest absolute Gasteiger partial charge is 0.336 e. The second-order valence-electron chi connectivity index (χ2n) is 11.1. The number of carbonyl (C=O) groups is 2. The Morgan fingerprint density at radius 1 is 1.08 bits per heavy atom. The van der Waals surface area contributed by atoms with E-state index in [4.69, 9.17) is 14.2 Å². The van der Waals surface area contributed by atoms with Crippen molar-refractivity contribution in [2.75, 3.05) is 27.1 Å². The third kappa shape index (κ3) is 4.86. The number of benzene rings is 1. The number of esters is 1. The third-order valence-electron chi connectivity index (χ3n) is 8.58. The van der Waals surface area contributed by atoms with Crippen LogP contribution in [-0.2, 0) is 14.3 Å². The molecule has 1 unspecified atom stereocenters. The largest absolute Gasteiger partial charge is 0.493 e. The summed E-state index contributed by atoms with van der Waals surface area (Å²) >= 11 is 1.30. The van der Waals surface area contributed by atoms with Crippen LogP contribution in [0.4, 0.5) is 0 Å². The molecule has 1 aromatic carbocycles. The Morgan fingerprint density at radius 2 is 1.71 bits per heavy atom. The van der Waals surface area contributed by atoms with E-state index >= 15 is 0 Å². The second kappa shape index (κ2) is 10.6. The zero-order chi connectivity index (χ0) is 27.0. The van der Waals surface area contributed by atoms with Gasteiger partial charge in [-0.3, -0.25) is 4.79 Å². The van der Waals surface area contributed by atoms with E-state index in [0.717, 1.165) is 37.0 Å². The molecule has 8 nitrogen and oxygen atoms in total. The zero-order valence-electron chi connectivity index (χ0n) is 22.4. The minimum Gasteiger partial charge on any atom is -0.493 e. The lowest BCUT2D eigenvalue weighted by molar-refractivity contribution is -0.136. The standard InChI is InChI=1S/C29H35N3O5S/c1-16-25(28(34)37-4)26(20-5-6-22(35-2)23(10-20)36-3)21(14-30)27(31-16)38-15-24(33)32-29-11-17-7-18(12-29)9-19(8-17)13-29/h5-6,10,17-19,26,31H,7-9,11-13,15H2,1-4H3,(H,32,33). The number of ether oxygens (including phenoxy) is 3. The Morgan fingerprint density at radius 3 is 2.26 bits per heavy atom. The van der Waals surface area contributed by atoms with Gasteiger partial charge in [0, 0.05) is 11.2 Å². The maximum atomic E-state index is 13.2. The van der Waals surface area contributed by atoms with E-state index in [1.54, 1.807) is 26.2 Å². The van der Waals surface area contributed by atoms with Crippen LogP contribution in [0.2, 0.25) is 0 Å². The molecule has 4 aliphatic carbocycles. The van der Waals surface area contributed by atoms with E-state index in [1.807, 2.05) is 6.07 Å². The summed E-state index contributed by atoms with van der Waals surface area (Å²) in [5.41, 5.74) is 1.92. The predicted octanol–water partition coefficient (Wildman–Crippen LogP) is 4.39. The Labute approximate surface area is 228 Å². The molecular weight excluding hydrogens is 502 g/mol. The summed E-state index contributed by atoms with van der Waals surface area (Å²) in [4.78, 5) is 26.0. The zero-order valence-corrected chi connectivity index (χ0v) is 23.2. The average Bonchev–Trinajstić information content (AvgIpc) is 2.89. The first-order valence-electron chi connectivity index (χ1n) is 13.2. The highest BCUT2D eigenvalue weighted by Gasteiger charge is 2.51. The summed E-state index contributed by atoms with van der Waals surface area (Å²) in [5, 5.41) is 17.4. The minimum absolute atomic E-state index is 0.00777. The number of hydrogen-bond donors (Lipinski definition) is 2. The van der Waals surface area contributed by atoms with Gasteiger partial charge in [-0.2, -0.15) is 5.26 Å². The van der Waals surface area contributed by atoms with Gasteiger partial charge in [0.05, 0.1) is 55.2 Å². The molecule has 4 saturated carbocycles. The number of hydrogen-bond acceptors (Lipinski definition) is 8. The number of dihydropyridines is 1. The van der Waals surface area contributed by atoms with Crippen LogP contribution in [0.3, 0.4) is 0 Å². The summed E-state index contributed by atoms with van der Waals surface area (Å²) in [6.45, 7) is 1.78. The number of nitriles is 1. The third-order valence-corrected chi connectivity index (χ3v) is 9.60. The quantitative estimate of drug-likeness (QED) is 0.470. The molecule has 0 aromatic heterocycles. The topological polar surface area (TPSA) is 110 Å². The normalized spacial score (nSPS) is 29.4. The number of carbonyl (C=O) groups excluding carboxylic acids is 2. The van der Waals surface area contributed by atoms with E-state index in [9.17, 15) is 14.9 Å². The molecule has 202 valence electrons. The van der Waals surface area contributed by atoms with Gasteiger partial charge in [-0.05, 0) is 80.9 Å². The first-order valence-corrected chi connectivity index (χ1v) is 14.1. The summed E-state index contributed by atoms with van der Waals surface area (Å²) < 4.78 is 15.9. The molecule has 2 N–H and O–H groups in total. The van der Waals surface area contributed by atoms with Gasteiger partial charge in [0.25, 0.3) is 0 Å². The van der Waals surface area contributed by atoms with Crippen LogP contribution < -0.4 is 20.1 Å². The van der Waals surface area contributed by atoms with Gasteiger partial charge in [-0.25, -0.2) is 4.79 Å². The van der Waals surface area contributed by atoms with E-state index < -0.39 is 11.9 Å². The Bertz CT molecular complexity index is 1210. The van der Waals surface area contributed by atoms with Crippen molar-refractivity contribution in [1.82, 2.24) is 10.6 Å². The lowest BCUT2D eigenvalue weighted by Crippen LogP contribution is -2.60. The fraction of sp³-hybridized carbons (Fsp3) is 0.552. The van der Waals surface area contributed by atoms with E-state index in [2.05, 4.69) is 16.7 Å². The molecule has 1 amide bonds. The van der Waals surface area contributed by atoms with Crippen molar-refractivity contribution in [2.24, 2.45) is 17.8 Å². The van der Waals surface area contributed by atoms with Gasteiger partial charge < -0.3 is 24.8 Å². The molecule has 4 bridgehead atoms. The lowest BCUT2D eigenvalue weighted by Gasteiger charge is -2.56. The van der Waals surface area contributed by atoms with Crippen molar-refractivity contribution in [3.63, 3.8) is 0 Å². The summed E-state index contributed by atoms with van der Waals surface area (Å²) in [5.74, 6) is 2.25. The van der Waals surface area contributed by atoms with Crippen LogP contribution in [0.25, 0.3) is 0 Å². The second-order valence-corrected chi connectivity index (χ2v) is 12.1. The van der Waals surface area contributed by atoms with Crippen molar-refractivity contribution in [2.45, 2.75) is 56.9 Å². The van der Waals surface area contributed by atoms with Crippen LogP contribution in [-0.4, -0.2) is 44.5 Å². The van der Waals surface area contributed by atoms with E-state index in [-0.39, 0.29) is 17.2 Å². The molecule has 4 fully saturated rings. The summed E-state index contributed by atoms with van der Waals surface area (Å²) in [7, 11) is 4.41. The molecule has 6 rings (SSSR count). The number of thioether (sulfide) groups is 1. The molecule has 1 aromatic rings. The molecule has 0 radical (unpaired) electrons.